The summed E-state index contributed by atoms with van der Waals surface area (Å²) in [7, 11) is 0. The third-order valence-electron chi connectivity index (χ3n) is 3.04. The molecule has 1 aliphatic heterocycles. The molecule has 0 aliphatic carbocycles. The van der Waals surface area contributed by atoms with E-state index in [-0.39, 0.29) is 5.91 Å². The molecule has 1 fully saturated rings. The standard InChI is InChI=1S/C13H19N3O/c14-10-11-3-1-4-12(9-11)13(17)16-7-2-5-15-6-8-16/h1,3-4,9,15H,2,5-8,10,14H2. The van der Waals surface area contributed by atoms with Crippen LogP contribution in [0.3, 0.4) is 0 Å². The Morgan fingerprint density at radius 1 is 1.35 bits per heavy atom. The number of rotatable bonds is 2. The van der Waals surface area contributed by atoms with Crippen molar-refractivity contribution in [1.82, 2.24) is 10.2 Å². The fourth-order valence-corrected chi connectivity index (χ4v) is 2.06. The summed E-state index contributed by atoms with van der Waals surface area (Å²) in [4.78, 5) is 14.2. The van der Waals surface area contributed by atoms with Gasteiger partial charge < -0.3 is 16.0 Å². The summed E-state index contributed by atoms with van der Waals surface area (Å²) in [6, 6.07) is 7.59. The van der Waals surface area contributed by atoms with Crippen molar-refractivity contribution < 1.29 is 4.79 Å². The molecule has 0 aromatic heterocycles. The van der Waals surface area contributed by atoms with Crippen LogP contribution in [0.25, 0.3) is 0 Å². The highest BCUT2D eigenvalue weighted by Gasteiger charge is 2.16. The van der Waals surface area contributed by atoms with Crippen molar-refractivity contribution in [3.05, 3.63) is 35.4 Å². The number of hydrogen-bond acceptors (Lipinski definition) is 3. The number of carbonyl (C=O) groups excluding carboxylic acids is 1. The molecule has 1 aromatic rings. The van der Waals surface area contributed by atoms with Gasteiger partial charge in [-0.1, -0.05) is 12.1 Å². The molecule has 0 saturated carbocycles. The van der Waals surface area contributed by atoms with Gasteiger partial charge in [0.15, 0.2) is 0 Å². The largest absolute Gasteiger partial charge is 0.337 e. The first-order valence-electron chi connectivity index (χ1n) is 6.10. The van der Waals surface area contributed by atoms with Gasteiger partial charge in [-0.3, -0.25) is 4.79 Å². The summed E-state index contributed by atoms with van der Waals surface area (Å²) in [5.74, 6) is 0.115. The van der Waals surface area contributed by atoms with E-state index >= 15 is 0 Å². The van der Waals surface area contributed by atoms with Crippen LogP contribution in [0.5, 0.6) is 0 Å². The third kappa shape index (κ3) is 3.05. The van der Waals surface area contributed by atoms with E-state index < -0.39 is 0 Å². The van der Waals surface area contributed by atoms with E-state index in [1.54, 1.807) is 0 Å². The van der Waals surface area contributed by atoms with Gasteiger partial charge in [0.1, 0.15) is 0 Å². The van der Waals surface area contributed by atoms with E-state index in [1.165, 1.54) is 0 Å². The van der Waals surface area contributed by atoms with Crippen LogP contribution in [0.15, 0.2) is 24.3 Å². The molecule has 17 heavy (non-hydrogen) atoms. The van der Waals surface area contributed by atoms with E-state index in [2.05, 4.69) is 5.32 Å². The number of benzene rings is 1. The number of nitrogens with zero attached hydrogens (tertiary/aromatic N) is 1. The minimum Gasteiger partial charge on any atom is -0.337 e. The number of nitrogens with two attached hydrogens (primary N) is 1. The van der Waals surface area contributed by atoms with Gasteiger partial charge in [0.2, 0.25) is 0 Å². The molecule has 1 aliphatic rings. The summed E-state index contributed by atoms with van der Waals surface area (Å²) in [6.45, 7) is 3.96. The fraction of sp³-hybridized carbons (Fsp3) is 0.462. The Morgan fingerprint density at radius 3 is 3.06 bits per heavy atom. The molecule has 3 N–H and O–H groups in total. The van der Waals surface area contributed by atoms with Crippen molar-refractivity contribution in [2.75, 3.05) is 26.2 Å². The third-order valence-corrected chi connectivity index (χ3v) is 3.04. The Bertz CT molecular complexity index is 384. The second-order valence-corrected chi connectivity index (χ2v) is 4.30. The predicted molar refractivity (Wildman–Crippen MR) is 67.7 cm³/mol. The smallest absolute Gasteiger partial charge is 0.253 e. The van der Waals surface area contributed by atoms with Gasteiger partial charge in [-0.25, -0.2) is 0 Å². The lowest BCUT2D eigenvalue weighted by Gasteiger charge is -2.20. The molecule has 92 valence electrons. The van der Waals surface area contributed by atoms with Crippen LogP contribution in [0.4, 0.5) is 0 Å². The molecule has 4 nitrogen and oxygen atoms in total. The summed E-state index contributed by atoms with van der Waals surface area (Å²) >= 11 is 0. The highest BCUT2D eigenvalue weighted by atomic mass is 16.2. The van der Waals surface area contributed by atoms with Crippen LogP contribution >= 0.6 is 0 Å². The molecule has 4 heteroatoms. The molecule has 2 rings (SSSR count). The predicted octanol–water partition coefficient (Wildman–Crippen LogP) is 0.581. The van der Waals surface area contributed by atoms with Gasteiger partial charge in [-0.2, -0.15) is 0 Å². The number of hydrogen-bond donors (Lipinski definition) is 2. The van der Waals surface area contributed by atoms with Crippen molar-refractivity contribution in [1.29, 1.82) is 0 Å². The van der Waals surface area contributed by atoms with Crippen molar-refractivity contribution in [3.63, 3.8) is 0 Å². The lowest BCUT2D eigenvalue weighted by molar-refractivity contribution is 0.0766. The van der Waals surface area contributed by atoms with Gasteiger partial charge in [0.25, 0.3) is 5.91 Å². The maximum Gasteiger partial charge on any atom is 0.253 e. The molecule has 1 saturated heterocycles. The average molecular weight is 233 g/mol. The molecule has 0 radical (unpaired) electrons. The Kier molecular flexibility index (Phi) is 4.12. The minimum absolute atomic E-state index is 0.115. The summed E-state index contributed by atoms with van der Waals surface area (Å²) in [5, 5.41) is 3.29. The lowest BCUT2D eigenvalue weighted by Crippen LogP contribution is -2.34. The maximum absolute atomic E-state index is 12.3. The van der Waals surface area contributed by atoms with Gasteiger partial charge in [-0.15, -0.1) is 0 Å². The van der Waals surface area contributed by atoms with Crippen LogP contribution in [0.2, 0.25) is 0 Å². The second-order valence-electron chi connectivity index (χ2n) is 4.30. The molecular weight excluding hydrogens is 214 g/mol. The molecular formula is C13H19N3O. The summed E-state index contributed by atoms with van der Waals surface area (Å²) in [5.41, 5.74) is 7.34. The van der Waals surface area contributed by atoms with E-state index in [9.17, 15) is 4.79 Å². The zero-order chi connectivity index (χ0) is 12.1. The van der Waals surface area contributed by atoms with Crippen molar-refractivity contribution in [3.8, 4) is 0 Å². The van der Waals surface area contributed by atoms with Crippen LogP contribution in [0.1, 0.15) is 22.3 Å². The van der Waals surface area contributed by atoms with Gasteiger partial charge >= 0.3 is 0 Å². The Labute approximate surface area is 102 Å². The zero-order valence-corrected chi connectivity index (χ0v) is 9.98. The number of amides is 1. The van der Waals surface area contributed by atoms with Crippen LogP contribution in [-0.4, -0.2) is 37.0 Å². The highest BCUT2D eigenvalue weighted by molar-refractivity contribution is 5.94. The summed E-state index contributed by atoms with van der Waals surface area (Å²) in [6.07, 6.45) is 1.02. The molecule has 0 spiro atoms. The van der Waals surface area contributed by atoms with Gasteiger partial charge in [0.05, 0.1) is 0 Å². The first kappa shape index (κ1) is 12.1. The lowest BCUT2D eigenvalue weighted by atomic mass is 10.1. The van der Waals surface area contributed by atoms with Crippen LogP contribution < -0.4 is 11.1 Å². The second kappa shape index (κ2) is 5.80. The van der Waals surface area contributed by atoms with Crippen molar-refractivity contribution in [2.45, 2.75) is 13.0 Å². The van der Waals surface area contributed by atoms with Crippen LogP contribution in [0, 0.1) is 0 Å². The Morgan fingerprint density at radius 2 is 2.24 bits per heavy atom. The Balaban J connectivity index is 2.11. The highest BCUT2D eigenvalue weighted by Crippen LogP contribution is 2.09. The monoisotopic (exact) mass is 233 g/mol. The summed E-state index contributed by atoms with van der Waals surface area (Å²) < 4.78 is 0. The first-order chi connectivity index (χ1) is 8.31. The van der Waals surface area contributed by atoms with E-state index in [1.807, 2.05) is 29.2 Å². The Hall–Kier alpha value is -1.39. The van der Waals surface area contributed by atoms with E-state index in [0.29, 0.717) is 6.54 Å². The average Bonchev–Trinajstić information content (AvgIpc) is 2.67. The van der Waals surface area contributed by atoms with Crippen LogP contribution in [-0.2, 0) is 6.54 Å². The zero-order valence-electron chi connectivity index (χ0n) is 9.98. The van der Waals surface area contributed by atoms with Gasteiger partial charge in [0, 0.05) is 31.7 Å². The molecule has 0 unspecified atom stereocenters. The molecule has 0 atom stereocenters. The topological polar surface area (TPSA) is 58.4 Å². The van der Waals surface area contributed by atoms with Crippen molar-refractivity contribution in [2.24, 2.45) is 5.73 Å². The molecule has 1 heterocycles. The number of nitrogens with one attached hydrogen (secondary N) is 1. The molecule has 1 amide bonds. The minimum atomic E-state index is 0.115. The fourth-order valence-electron chi connectivity index (χ4n) is 2.06. The maximum atomic E-state index is 12.3. The molecule has 1 aromatic carbocycles. The normalized spacial score (nSPS) is 16.6. The van der Waals surface area contributed by atoms with E-state index in [0.717, 1.165) is 43.7 Å². The van der Waals surface area contributed by atoms with Crippen molar-refractivity contribution >= 4 is 5.91 Å². The van der Waals surface area contributed by atoms with Gasteiger partial charge in [-0.05, 0) is 30.7 Å². The number of carbonyl (C=O) groups is 1. The molecule has 0 bridgehead atoms. The first-order valence-corrected chi connectivity index (χ1v) is 6.10. The SMILES string of the molecule is NCc1cccc(C(=O)N2CCCNCC2)c1. The quantitative estimate of drug-likeness (QED) is 0.785. The van der Waals surface area contributed by atoms with E-state index in [4.69, 9.17) is 5.73 Å².